The lowest BCUT2D eigenvalue weighted by atomic mass is 10.1. The van der Waals surface area contributed by atoms with Crippen LogP contribution in [0.5, 0.6) is 11.5 Å². The molecule has 0 spiro atoms. The van der Waals surface area contributed by atoms with E-state index in [9.17, 15) is 10.1 Å². The largest absolute Gasteiger partial charge is 0.493 e. The average Bonchev–Trinajstić information content (AvgIpc) is 2.34. The van der Waals surface area contributed by atoms with E-state index < -0.39 is 4.92 Å². The number of aliphatic hydroxyl groups excluding tert-OH is 1. The molecular formula is C11H13NO5. The highest BCUT2D eigenvalue weighted by molar-refractivity contribution is 5.66. The SMILES string of the molecule is COc1cc(/C=C/CO)c([N+](=O)[O-])cc1OC. The molecule has 0 amide bonds. The number of hydrogen-bond acceptors (Lipinski definition) is 5. The predicted octanol–water partition coefficient (Wildman–Crippen LogP) is 1.62. The van der Waals surface area contributed by atoms with Gasteiger partial charge in [0.15, 0.2) is 11.5 Å². The summed E-state index contributed by atoms with van der Waals surface area (Å²) in [4.78, 5) is 10.4. The van der Waals surface area contributed by atoms with Crippen LogP contribution in [0, 0.1) is 10.1 Å². The van der Waals surface area contributed by atoms with Crippen molar-refractivity contribution >= 4 is 11.8 Å². The summed E-state index contributed by atoms with van der Waals surface area (Å²) in [5, 5.41) is 19.5. The van der Waals surface area contributed by atoms with Gasteiger partial charge in [0.1, 0.15) is 0 Å². The van der Waals surface area contributed by atoms with Crippen LogP contribution < -0.4 is 9.47 Å². The zero-order chi connectivity index (χ0) is 12.8. The number of rotatable bonds is 5. The predicted molar refractivity (Wildman–Crippen MR) is 62.3 cm³/mol. The Kier molecular flexibility index (Phi) is 4.47. The minimum absolute atomic E-state index is 0.104. The van der Waals surface area contributed by atoms with Crippen LogP contribution in [0.1, 0.15) is 5.56 Å². The minimum Gasteiger partial charge on any atom is -0.493 e. The Morgan fingerprint density at radius 2 is 1.94 bits per heavy atom. The molecule has 0 aliphatic heterocycles. The summed E-state index contributed by atoms with van der Waals surface area (Å²) in [6.07, 6.45) is 2.87. The van der Waals surface area contributed by atoms with Crippen molar-refractivity contribution in [3.05, 3.63) is 33.9 Å². The van der Waals surface area contributed by atoms with Gasteiger partial charge in [-0.15, -0.1) is 0 Å². The molecule has 0 heterocycles. The zero-order valence-corrected chi connectivity index (χ0v) is 9.54. The second-order valence-electron chi connectivity index (χ2n) is 3.11. The third-order valence-electron chi connectivity index (χ3n) is 2.13. The van der Waals surface area contributed by atoms with Crippen LogP contribution in [0.15, 0.2) is 18.2 Å². The first-order chi connectivity index (χ1) is 8.13. The highest BCUT2D eigenvalue weighted by Crippen LogP contribution is 2.34. The standard InChI is InChI=1S/C11H13NO5/c1-16-10-6-8(4-3-5-13)9(12(14)15)7-11(10)17-2/h3-4,6-7,13H,5H2,1-2H3/b4-3+. The number of ether oxygens (including phenoxy) is 2. The Bertz CT molecular complexity index is 442. The van der Waals surface area contributed by atoms with E-state index in [1.807, 2.05) is 0 Å². The van der Waals surface area contributed by atoms with Crippen molar-refractivity contribution in [2.45, 2.75) is 0 Å². The molecule has 0 radical (unpaired) electrons. The Hall–Kier alpha value is -2.08. The maximum absolute atomic E-state index is 10.9. The molecule has 0 bridgehead atoms. The molecule has 0 fully saturated rings. The van der Waals surface area contributed by atoms with E-state index in [0.29, 0.717) is 17.1 Å². The van der Waals surface area contributed by atoms with E-state index in [0.717, 1.165) is 0 Å². The number of nitrogens with zero attached hydrogens (tertiary/aromatic N) is 1. The molecule has 0 saturated carbocycles. The maximum atomic E-state index is 10.9. The lowest BCUT2D eigenvalue weighted by Gasteiger charge is -2.08. The van der Waals surface area contributed by atoms with Gasteiger partial charge in [-0.1, -0.05) is 6.08 Å². The molecule has 0 saturated heterocycles. The normalized spacial score (nSPS) is 10.5. The fourth-order valence-corrected chi connectivity index (χ4v) is 1.36. The van der Waals surface area contributed by atoms with Crippen LogP contribution in [0.25, 0.3) is 6.08 Å². The van der Waals surface area contributed by atoms with Gasteiger partial charge in [0, 0.05) is 0 Å². The van der Waals surface area contributed by atoms with Crippen molar-refractivity contribution in [1.29, 1.82) is 0 Å². The van der Waals surface area contributed by atoms with Gasteiger partial charge >= 0.3 is 0 Å². The van der Waals surface area contributed by atoms with Crippen molar-refractivity contribution < 1.29 is 19.5 Å². The van der Waals surface area contributed by atoms with Gasteiger partial charge in [-0.3, -0.25) is 10.1 Å². The molecule has 0 aromatic heterocycles. The van der Waals surface area contributed by atoms with Crippen LogP contribution >= 0.6 is 0 Å². The lowest BCUT2D eigenvalue weighted by Crippen LogP contribution is -1.96. The molecule has 0 aliphatic carbocycles. The number of methoxy groups -OCH3 is 2. The molecule has 1 aromatic carbocycles. The fourth-order valence-electron chi connectivity index (χ4n) is 1.36. The third kappa shape index (κ3) is 2.94. The van der Waals surface area contributed by atoms with Crippen molar-refractivity contribution in [1.82, 2.24) is 0 Å². The van der Waals surface area contributed by atoms with Crippen molar-refractivity contribution in [3.8, 4) is 11.5 Å². The topological polar surface area (TPSA) is 81.8 Å². The van der Waals surface area contributed by atoms with Crippen LogP contribution in [-0.4, -0.2) is 30.9 Å². The second kappa shape index (κ2) is 5.86. The van der Waals surface area contributed by atoms with Gasteiger partial charge in [-0.25, -0.2) is 0 Å². The molecule has 1 aromatic rings. The first kappa shape index (κ1) is 13.0. The first-order valence-corrected chi connectivity index (χ1v) is 4.81. The molecule has 1 N–H and O–H groups in total. The van der Waals surface area contributed by atoms with Crippen LogP contribution in [-0.2, 0) is 0 Å². The monoisotopic (exact) mass is 239 g/mol. The molecule has 17 heavy (non-hydrogen) atoms. The van der Waals surface area contributed by atoms with E-state index in [2.05, 4.69) is 0 Å². The van der Waals surface area contributed by atoms with Crippen LogP contribution in [0.4, 0.5) is 5.69 Å². The van der Waals surface area contributed by atoms with E-state index >= 15 is 0 Å². The van der Waals surface area contributed by atoms with Gasteiger partial charge < -0.3 is 14.6 Å². The smallest absolute Gasteiger partial charge is 0.280 e. The van der Waals surface area contributed by atoms with Crippen molar-refractivity contribution in [3.63, 3.8) is 0 Å². The highest BCUT2D eigenvalue weighted by atomic mass is 16.6. The number of hydrogen-bond donors (Lipinski definition) is 1. The summed E-state index contributed by atoms with van der Waals surface area (Å²) in [5.74, 6) is 0.691. The third-order valence-corrected chi connectivity index (χ3v) is 2.13. The molecule has 0 aliphatic rings. The number of benzene rings is 1. The van der Waals surface area contributed by atoms with E-state index in [-0.39, 0.29) is 12.3 Å². The summed E-state index contributed by atoms with van der Waals surface area (Å²) < 4.78 is 10.0. The van der Waals surface area contributed by atoms with E-state index in [1.54, 1.807) is 0 Å². The second-order valence-corrected chi connectivity index (χ2v) is 3.11. The van der Waals surface area contributed by atoms with E-state index in [4.69, 9.17) is 14.6 Å². The number of aliphatic hydroxyl groups is 1. The molecule has 6 heteroatoms. The Morgan fingerprint density at radius 1 is 1.35 bits per heavy atom. The van der Waals surface area contributed by atoms with Crippen molar-refractivity contribution in [2.24, 2.45) is 0 Å². The van der Waals surface area contributed by atoms with Gasteiger partial charge in [-0.2, -0.15) is 0 Å². The number of nitro groups is 1. The summed E-state index contributed by atoms with van der Waals surface area (Å²) in [5.41, 5.74) is 0.244. The quantitative estimate of drug-likeness (QED) is 0.623. The summed E-state index contributed by atoms with van der Waals surface area (Å²) in [6, 6.07) is 2.78. The van der Waals surface area contributed by atoms with Gasteiger partial charge in [0.05, 0.1) is 37.4 Å². The van der Waals surface area contributed by atoms with Gasteiger partial charge in [-0.05, 0) is 12.1 Å². The van der Waals surface area contributed by atoms with Crippen molar-refractivity contribution in [2.75, 3.05) is 20.8 Å². The lowest BCUT2D eigenvalue weighted by molar-refractivity contribution is -0.385. The Morgan fingerprint density at radius 3 is 2.41 bits per heavy atom. The minimum atomic E-state index is -0.515. The molecular weight excluding hydrogens is 226 g/mol. The molecule has 1 rings (SSSR count). The van der Waals surface area contributed by atoms with Crippen LogP contribution in [0.2, 0.25) is 0 Å². The Balaban J connectivity index is 3.34. The summed E-state index contributed by atoms with van der Waals surface area (Å²) in [7, 11) is 2.86. The molecule has 92 valence electrons. The first-order valence-electron chi connectivity index (χ1n) is 4.81. The van der Waals surface area contributed by atoms with Gasteiger partial charge in [0.25, 0.3) is 5.69 Å². The number of nitro benzene ring substituents is 1. The highest BCUT2D eigenvalue weighted by Gasteiger charge is 2.17. The van der Waals surface area contributed by atoms with E-state index in [1.165, 1.54) is 38.5 Å². The van der Waals surface area contributed by atoms with Gasteiger partial charge in [0.2, 0.25) is 0 Å². The fraction of sp³-hybridized carbons (Fsp3) is 0.273. The average molecular weight is 239 g/mol. The summed E-state index contributed by atoms with van der Waals surface area (Å²) >= 11 is 0. The zero-order valence-electron chi connectivity index (χ0n) is 9.54. The maximum Gasteiger partial charge on any atom is 0.280 e. The van der Waals surface area contributed by atoms with Crippen LogP contribution in [0.3, 0.4) is 0 Å². The molecule has 0 atom stereocenters. The molecule has 6 nitrogen and oxygen atoms in total. The molecule has 0 unspecified atom stereocenters. The Labute approximate surface area is 98.2 Å². The summed E-state index contributed by atoms with van der Waals surface area (Å²) in [6.45, 7) is -0.189.